The molecule has 1 N–H and O–H groups in total. The molecule has 0 aliphatic carbocycles. The monoisotopic (exact) mass is 320 g/mol. The van der Waals surface area contributed by atoms with Gasteiger partial charge in [-0.1, -0.05) is 6.58 Å². The smallest absolute Gasteiger partial charge is 0.246 e. The van der Waals surface area contributed by atoms with Crippen LogP contribution in [0.25, 0.3) is 0 Å². The summed E-state index contributed by atoms with van der Waals surface area (Å²) in [5.74, 6) is -0.387. The van der Waals surface area contributed by atoms with Gasteiger partial charge in [0.2, 0.25) is 5.91 Å². The van der Waals surface area contributed by atoms with Crippen LogP contribution in [0.3, 0.4) is 0 Å². The Morgan fingerprint density at radius 3 is 2.14 bits per heavy atom. The summed E-state index contributed by atoms with van der Waals surface area (Å²) in [6.07, 6.45) is 3.02. The van der Waals surface area contributed by atoms with Gasteiger partial charge >= 0.3 is 0 Å². The largest absolute Gasteiger partial charge is 0.748 e. The number of rotatable bonds is 11. The maximum absolute atomic E-state index is 11.3. The minimum atomic E-state index is -4.09. The molecule has 6 nitrogen and oxygen atoms in total. The van der Waals surface area contributed by atoms with Gasteiger partial charge in [-0.25, -0.2) is 8.42 Å². The van der Waals surface area contributed by atoms with E-state index >= 15 is 0 Å². The predicted octanol–water partition coefficient (Wildman–Crippen LogP) is 0.861. The van der Waals surface area contributed by atoms with E-state index < -0.39 is 10.1 Å². The van der Waals surface area contributed by atoms with Crippen molar-refractivity contribution in [1.29, 1.82) is 0 Å². The molecule has 0 fully saturated rings. The van der Waals surface area contributed by atoms with Gasteiger partial charge in [-0.15, -0.1) is 0 Å². The van der Waals surface area contributed by atoms with Gasteiger partial charge in [0.1, 0.15) is 0 Å². The first-order valence-electron chi connectivity index (χ1n) is 7.23. The zero-order valence-electron chi connectivity index (χ0n) is 13.4. The summed E-state index contributed by atoms with van der Waals surface area (Å²) in [7, 11) is 0.0774. The van der Waals surface area contributed by atoms with Crippen molar-refractivity contribution in [2.24, 2.45) is 0 Å². The second kappa shape index (κ2) is 9.17. The second-order valence-corrected chi connectivity index (χ2v) is 7.62. The van der Waals surface area contributed by atoms with Gasteiger partial charge in [0.15, 0.2) is 0 Å². The molecular weight excluding hydrogens is 292 g/mol. The Morgan fingerprint density at radius 2 is 1.67 bits per heavy atom. The third-order valence-corrected chi connectivity index (χ3v) is 4.06. The van der Waals surface area contributed by atoms with E-state index in [0.29, 0.717) is 18.5 Å². The molecule has 124 valence electrons. The van der Waals surface area contributed by atoms with E-state index in [4.69, 9.17) is 0 Å². The van der Waals surface area contributed by atoms with Gasteiger partial charge in [-0.2, -0.15) is 0 Å². The molecule has 0 aliphatic rings. The van der Waals surface area contributed by atoms with E-state index in [1.54, 1.807) is 6.92 Å². The predicted molar refractivity (Wildman–Crippen MR) is 82.7 cm³/mol. The number of nitrogens with one attached hydrogen (secondary N) is 1. The molecule has 0 aromatic heterocycles. The van der Waals surface area contributed by atoms with E-state index in [1.807, 2.05) is 0 Å². The van der Waals surface area contributed by atoms with Crippen LogP contribution in [0.4, 0.5) is 0 Å². The second-order valence-electron chi connectivity index (χ2n) is 6.10. The van der Waals surface area contributed by atoms with Gasteiger partial charge in [0.25, 0.3) is 0 Å². The molecule has 0 aliphatic heterocycles. The van der Waals surface area contributed by atoms with Crippen LogP contribution in [0.15, 0.2) is 12.2 Å². The molecule has 0 rings (SSSR count). The Labute approximate surface area is 128 Å². The summed E-state index contributed by atoms with van der Waals surface area (Å²) >= 11 is 0. The fraction of sp³-hybridized carbons (Fsp3) is 0.786. The standard InChI is InChI=1S/C14H28N2O4S/c1-13(2)14(17)15-9-5-6-10-16(3,4)11-7-8-12-21(18,19)20/h1,5-12H2,2-4H3,(H-,15,17,18,19,20). The number of amides is 1. The maximum Gasteiger partial charge on any atom is 0.246 e. The average molecular weight is 320 g/mol. The first-order chi connectivity index (χ1) is 9.53. The van der Waals surface area contributed by atoms with Crippen molar-refractivity contribution in [3.63, 3.8) is 0 Å². The first kappa shape index (κ1) is 20.1. The van der Waals surface area contributed by atoms with Crippen LogP contribution in [0.2, 0.25) is 0 Å². The van der Waals surface area contributed by atoms with Crippen LogP contribution < -0.4 is 5.32 Å². The number of hydrogen-bond donors (Lipinski definition) is 1. The number of quaternary nitrogens is 1. The summed E-state index contributed by atoms with van der Waals surface area (Å²) < 4.78 is 32.3. The van der Waals surface area contributed by atoms with Gasteiger partial charge in [0, 0.05) is 17.9 Å². The number of hydrogen-bond acceptors (Lipinski definition) is 4. The molecule has 1 amide bonds. The lowest BCUT2D eigenvalue weighted by Gasteiger charge is -2.30. The van der Waals surface area contributed by atoms with E-state index in [0.717, 1.165) is 36.8 Å². The van der Waals surface area contributed by atoms with Crippen LogP contribution >= 0.6 is 0 Å². The molecule has 21 heavy (non-hydrogen) atoms. The van der Waals surface area contributed by atoms with Gasteiger partial charge < -0.3 is 14.4 Å². The number of carbonyl (C=O) groups excluding carboxylic acids is 1. The highest BCUT2D eigenvalue weighted by Gasteiger charge is 2.14. The van der Waals surface area contributed by atoms with E-state index in [-0.39, 0.29) is 11.7 Å². The third-order valence-electron chi connectivity index (χ3n) is 3.27. The summed E-state index contributed by atoms with van der Waals surface area (Å²) in [6.45, 7) is 7.68. The van der Waals surface area contributed by atoms with Gasteiger partial charge in [-0.05, 0) is 32.6 Å². The summed E-state index contributed by atoms with van der Waals surface area (Å²) in [4.78, 5) is 11.3. The zero-order valence-corrected chi connectivity index (χ0v) is 14.2. The summed E-state index contributed by atoms with van der Waals surface area (Å²) in [5.41, 5.74) is 0.513. The molecule has 0 heterocycles. The lowest BCUT2D eigenvalue weighted by molar-refractivity contribution is -0.890. The van der Waals surface area contributed by atoms with Crippen LogP contribution in [0, 0.1) is 0 Å². The Kier molecular flexibility index (Phi) is 8.77. The molecule has 0 radical (unpaired) electrons. The lowest BCUT2D eigenvalue weighted by Crippen LogP contribution is -2.41. The Bertz CT molecular complexity index is 444. The van der Waals surface area contributed by atoms with Crippen molar-refractivity contribution >= 4 is 16.0 Å². The van der Waals surface area contributed by atoms with Crippen molar-refractivity contribution in [3.8, 4) is 0 Å². The van der Waals surface area contributed by atoms with Crippen LogP contribution in [0.5, 0.6) is 0 Å². The summed E-state index contributed by atoms with van der Waals surface area (Å²) in [6, 6.07) is 0. The fourth-order valence-corrected chi connectivity index (χ4v) is 2.51. The molecule has 0 aromatic rings. The SMILES string of the molecule is C=C(C)C(=O)NCCCC[N+](C)(C)CCCCS(=O)(=O)[O-]. The third kappa shape index (κ3) is 12.5. The highest BCUT2D eigenvalue weighted by atomic mass is 32.2. The van der Waals surface area contributed by atoms with Crippen molar-refractivity contribution in [2.75, 3.05) is 39.5 Å². The molecule has 0 spiro atoms. The molecule has 0 aromatic carbocycles. The van der Waals surface area contributed by atoms with Crippen molar-refractivity contribution < 1.29 is 22.2 Å². The van der Waals surface area contributed by atoms with Crippen LogP contribution in [0.1, 0.15) is 32.6 Å². The molecular formula is C14H28N2O4S. The molecule has 0 atom stereocenters. The molecule has 0 saturated carbocycles. The molecule has 0 saturated heterocycles. The molecule has 7 heteroatoms. The first-order valence-corrected chi connectivity index (χ1v) is 8.80. The normalized spacial score (nSPS) is 12.2. The maximum atomic E-state index is 11.3. The number of carbonyl (C=O) groups is 1. The van der Waals surface area contributed by atoms with Crippen molar-refractivity contribution in [3.05, 3.63) is 12.2 Å². The van der Waals surface area contributed by atoms with E-state index in [1.165, 1.54) is 0 Å². The van der Waals surface area contributed by atoms with Crippen LogP contribution in [-0.4, -0.2) is 62.8 Å². The zero-order chi connectivity index (χ0) is 16.5. The van der Waals surface area contributed by atoms with Crippen LogP contribution in [-0.2, 0) is 14.9 Å². The Balaban J connectivity index is 3.73. The van der Waals surface area contributed by atoms with E-state index in [2.05, 4.69) is 26.0 Å². The fourth-order valence-electron chi connectivity index (χ4n) is 1.95. The average Bonchev–Trinajstić information content (AvgIpc) is 2.32. The Hall–Kier alpha value is -0.920. The highest BCUT2D eigenvalue weighted by Crippen LogP contribution is 2.05. The van der Waals surface area contributed by atoms with Crippen molar-refractivity contribution in [1.82, 2.24) is 5.32 Å². The lowest BCUT2D eigenvalue weighted by atomic mass is 10.2. The number of nitrogens with zero attached hydrogens (tertiary/aromatic N) is 1. The highest BCUT2D eigenvalue weighted by molar-refractivity contribution is 7.85. The minimum absolute atomic E-state index is 0.109. The number of unbranched alkanes of at least 4 members (excludes halogenated alkanes) is 2. The van der Waals surface area contributed by atoms with E-state index in [9.17, 15) is 17.8 Å². The topological polar surface area (TPSA) is 86.3 Å². The van der Waals surface area contributed by atoms with Gasteiger partial charge in [0.05, 0.1) is 37.3 Å². The quantitative estimate of drug-likeness (QED) is 0.265. The summed E-state index contributed by atoms with van der Waals surface area (Å²) in [5, 5.41) is 2.79. The van der Waals surface area contributed by atoms with Gasteiger partial charge in [-0.3, -0.25) is 4.79 Å². The van der Waals surface area contributed by atoms with Crippen molar-refractivity contribution in [2.45, 2.75) is 32.6 Å². The Morgan fingerprint density at radius 1 is 1.14 bits per heavy atom. The minimum Gasteiger partial charge on any atom is -0.748 e. The molecule has 0 unspecified atom stereocenters. The molecule has 0 bridgehead atoms.